The second kappa shape index (κ2) is 2.90. The fourth-order valence-electron chi connectivity index (χ4n) is 1.61. The molecule has 0 aromatic carbocycles. The maximum absolute atomic E-state index is 5.81. The number of hydrogen-bond acceptors (Lipinski definition) is 5. The van der Waals surface area contributed by atoms with Crippen molar-refractivity contribution in [3.05, 3.63) is 12.3 Å². The largest absolute Gasteiger partial charge is 0.483 e. The number of nitrogens with one attached hydrogen (secondary N) is 2. The van der Waals surface area contributed by atoms with Crippen LogP contribution in [0.1, 0.15) is 6.92 Å². The Kier molecular flexibility index (Phi) is 1.66. The Morgan fingerprint density at radius 1 is 1.40 bits per heavy atom. The molecule has 1 aliphatic rings. The summed E-state index contributed by atoms with van der Waals surface area (Å²) in [5, 5.41) is 13.5. The van der Waals surface area contributed by atoms with Crippen LogP contribution in [-0.4, -0.2) is 39.1 Å². The van der Waals surface area contributed by atoms with Crippen LogP contribution in [0.5, 0.6) is 5.75 Å². The molecule has 2 N–H and O–H groups in total. The summed E-state index contributed by atoms with van der Waals surface area (Å²) in [5.74, 6) is 0.736. The lowest BCUT2D eigenvalue weighted by Gasteiger charge is -2.39. The average Bonchev–Trinajstić information content (AvgIpc) is 2.62. The SMILES string of the molecule is CC1(Oc2cnc3n[nH]nc3c2)CNC1. The zero-order valence-corrected chi connectivity index (χ0v) is 8.32. The first-order valence-corrected chi connectivity index (χ1v) is 4.81. The van der Waals surface area contributed by atoms with Gasteiger partial charge >= 0.3 is 0 Å². The molecule has 6 heteroatoms. The van der Waals surface area contributed by atoms with Gasteiger partial charge in [0.2, 0.25) is 5.65 Å². The van der Waals surface area contributed by atoms with Gasteiger partial charge in [0, 0.05) is 19.2 Å². The quantitative estimate of drug-likeness (QED) is 0.727. The Bertz CT molecular complexity index is 490. The molecule has 0 radical (unpaired) electrons. The number of rotatable bonds is 2. The van der Waals surface area contributed by atoms with Gasteiger partial charge in [0.25, 0.3) is 0 Å². The average molecular weight is 205 g/mol. The van der Waals surface area contributed by atoms with Crippen molar-refractivity contribution in [2.75, 3.05) is 13.1 Å². The number of hydrogen-bond donors (Lipinski definition) is 2. The maximum Gasteiger partial charge on any atom is 0.201 e. The van der Waals surface area contributed by atoms with E-state index in [1.807, 2.05) is 6.07 Å². The third kappa shape index (κ3) is 1.42. The number of aromatic nitrogens is 4. The van der Waals surface area contributed by atoms with Crippen LogP contribution in [0, 0.1) is 0 Å². The summed E-state index contributed by atoms with van der Waals surface area (Å²) in [7, 11) is 0. The minimum atomic E-state index is -0.112. The summed E-state index contributed by atoms with van der Waals surface area (Å²) < 4.78 is 5.81. The van der Waals surface area contributed by atoms with E-state index in [4.69, 9.17) is 4.74 Å². The van der Waals surface area contributed by atoms with Crippen LogP contribution < -0.4 is 10.1 Å². The zero-order chi connectivity index (χ0) is 10.3. The minimum absolute atomic E-state index is 0.112. The first-order chi connectivity index (χ1) is 7.25. The van der Waals surface area contributed by atoms with Crippen LogP contribution in [0.3, 0.4) is 0 Å². The third-order valence-corrected chi connectivity index (χ3v) is 2.51. The van der Waals surface area contributed by atoms with Gasteiger partial charge in [-0.05, 0) is 6.92 Å². The highest BCUT2D eigenvalue weighted by Crippen LogP contribution is 2.22. The molecule has 78 valence electrons. The molecule has 2 aromatic rings. The van der Waals surface area contributed by atoms with Crippen molar-refractivity contribution in [1.29, 1.82) is 0 Å². The molecule has 0 saturated carbocycles. The van der Waals surface area contributed by atoms with E-state index >= 15 is 0 Å². The van der Waals surface area contributed by atoms with Gasteiger partial charge in [0.1, 0.15) is 16.9 Å². The van der Waals surface area contributed by atoms with Gasteiger partial charge in [0.05, 0.1) is 6.20 Å². The lowest BCUT2D eigenvalue weighted by molar-refractivity contribution is 0.0347. The van der Waals surface area contributed by atoms with Crippen LogP contribution in [0.2, 0.25) is 0 Å². The minimum Gasteiger partial charge on any atom is -0.483 e. The summed E-state index contributed by atoms with van der Waals surface area (Å²) in [6.07, 6.45) is 1.68. The van der Waals surface area contributed by atoms with Gasteiger partial charge < -0.3 is 10.1 Å². The fourth-order valence-corrected chi connectivity index (χ4v) is 1.61. The molecular formula is C9H11N5O. The second-order valence-electron chi connectivity index (χ2n) is 3.99. The standard InChI is InChI=1S/C9H11N5O/c1-9(4-10-5-9)15-6-2-7-8(11-3-6)13-14-12-7/h2-3,10H,4-5H2,1H3,(H,11,12,13,14). The van der Waals surface area contributed by atoms with Crippen molar-refractivity contribution >= 4 is 11.2 Å². The van der Waals surface area contributed by atoms with Crippen molar-refractivity contribution in [2.24, 2.45) is 0 Å². The second-order valence-corrected chi connectivity index (χ2v) is 3.99. The van der Waals surface area contributed by atoms with E-state index < -0.39 is 0 Å². The number of ether oxygens (including phenoxy) is 1. The number of pyridine rings is 1. The van der Waals surface area contributed by atoms with E-state index in [-0.39, 0.29) is 5.60 Å². The molecule has 0 spiro atoms. The summed E-state index contributed by atoms with van der Waals surface area (Å²) in [4.78, 5) is 4.13. The van der Waals surface area contributed by atoms with E-state index in [2.05, 4.69) is 32.6 Å². The molecule has 0 unspecified atom stereocenters. The number of aromatic amines is 1. The van der Waals surface area contributed by atoms with Gasteiger partial charge in [-0.25, -0.2) is 4.98 Å². The van der Waals surface area contributed by atoms with Crippen molar-refractivity contribution in [1.82, 2.24) is 25.7 Å². The molecule has 3 heterocycles. The Hall–Kier alpha value is -1.69. The number of fused-ring (bicyclic) bond motifs is 1. The van der Waals surface area contributed by atoms with Gasteiger partial charge in [0.15, 0.2) is 0 Å². The third-order valence-electron chi connectivity index (χ3n) is 2.51. The predicted molar refractivity (Wildman–Crippen MR) is 53.6 cm³/mol. The molecule has 0 atom stereocenters. The van der Waals surface area contributed by atoms with Crippen molar-refractivity contribution in [3.8, 4) is 5.75 Å². The molecule has 1 aliphatic heterocycles. The summed E-state index contributed by atoms with van der Waals surface area (Å²) >= 11 is 0. The summed E-state index contributed by atoms with van der Waals surface area (Å²) in [6, 6.07) is 1.84. The van der Waals surface area contributed by atoms with Crippen LogP contribution >= 0.6 is 0 Å². The maximum atomic E-state index is 5.81. The number of H-pyrrole nitrogens is 1. The van der Waals surface area contributed by atoms with Gasteiger partial charge in [-0.15, -0.1) is 5.10 Å². The fraction of sp³-hybridized carbons (Fsp3) is 0.444. The van der Waals surface area contributed by atoms with E-state index in [9.17, 15) is 0 Å². The van der Waals surface area contributed by atoms with Crippen molar-refractivity contribution < 1.29 is 4.74 Å². The highest BCUT2D eigenvalue weighted by Gasteiger charge is 2.33. The lowest BCUT2D eigenvalue weighted by atomic mass is 10.0. The topological polar surface area (TPSA) is 75.7 Å². The normalized spacial score (nSPS) is 18.7. The molecule has 0 aliphatic carbocycles. The Morgan fingerprint density at radius 2 is 2.27 bits per heavy atom. The summed E-state index contributed by atoms with van der Waals surface area (Å²) in [5.41, 5.74) is 1.22. The van der Waals surface area contributed by atoms with E-state index in [1.165, 1.54) is 0 Å². The highest BCUT2D eigenvalue weighted by molar-refractivity contribution is 5.70. The molecule has 2 aromatic heterocycles. The Labute approximate surface area is 86.0 Å². The monoisotopic (exact) mass is 205 g/mol. The smallest absolute Gasteiger partial charge is 0.201 e. The first kappa shape index (κ1) is 8.60. The summed E-state index contributed by atoms with van der Waals surface area (Å²) in [6.45, 7) is 3.80. The molecule has 3 rings (SSSR count). The highest BCUT2D eigenvalue weighted by atomic mass is 16.5. The van der Waals surface area contributed by atoms with Crippen molar-refractivity contribution in [3.63, 3.8) is 0 Å². The van der Waals surface area contributed by atoms with Gasteiger partial charge in [-0.1, -0.05) is 0 Å². The van der Waals surface area contributed by atoms with Crippen LogP contribution in [0.15, 0.2) is 12.3 Å². The molecule has 1 fully saturated rings. The van der Waals surface area contributed by atoms with Crippen LogP contribution in [0.4, 0.5) is 0 Å². The Morgan fingerprint density at radius 3 is 3.00 bits per heavy atom. The number of nitrogens with zero attached hydrogens (tertiary/aromatic N) is 3. The zero-order valence-electron chi connectivity index (χ0n) is 8.32. The van der Waals surface area contributed by atoms with Crippen LogP contribution in [-0.2, 0) is 0 Å². The van der Waals surface area contributed by atoms with E-state index in [1.54, 1.807) is 6.20 Å². The van der Waals surface area contributed by atoms with Gasteiger partial charge in [-0.2, -0.15) is 10.3 Å². The molecule has 0 amide bonds. The van der Waals surface area contributed by atoms with Crippen LogP contribution in [0.25, 0.3) is 11.2 Å². The van der Waals surface area contributed by atoms with Gasteiger partial charge in [-0.3, -0.25) is 0 Å². The van der Waals surface area contributed by atoms with Crippen molar-refractivity contribution in [2.45, 2.75) is 12.5 Å². The molecule has 15 heavy (non-hydrogen) atoms. The predicted octanol–water partition coefficient (Wildman–Crippen LogP) is 0.0936. The lowest BCUT2D eigenvalue weighted by Crippen LogP contribution is -2.61. The first-order valence-electron chi connectivity index (χ1n) is 4.81. The van der Waals surface area contributed by atoms with E-state index in [0.717, 1.165) is 24.4 Å². The Balaban J connectivity index is 1.90. The molecule has 1 saturated heterocycles. The molecule has 6 nitrogen and oxygen atoms in total. The molecule has 0 bridgehead atoms. The molecular weight excluding hydrogens is 194 g/mol. The van der Waals surface area contributed by atoms with E-state index in [0.29, 0.717) is 5.65 Å².